The molecule has 2 fully saturated rings. The third-order valence-corrected chi connectivity index (χ3v) is 6.23. The number of halogens is 1. The lowest BCUT2D eigenvalue weighted by Gasteiger charge is -2.55. The predicted molar refractivity (Wildman–Crippen MR) is 92.6 cm³/mol. The maximum absolute atomic E-state index is 12.3. The summed E-state index contributed by atoms with van der Waals surface area (Å²) in [6, 6.07) is 6.98. The number of aliphatic carboxylic acids is 1. The molecule has 0 spiro atoms. The maximum Gasteiger partial charge on any atom is 0.328 e. The van der Waals surface area contributed by atoms with Gasteiger partial charge in [-0.15, -0.1) is 23.4 Å². The molecule has 1 aromatic carbocycles. The molecule has 9 heteroatoms. The smallest absolute Gasteiger partial charge is 0.328 e. The number of carboxylic acids is 1. The van der Waals surface area contributed by atoms with Crippen LogP contribution in [0.2, 0.25) is 0 Å². The van der Waals surface area contributed by atoms with Crippen molar-refractivity contribution in [3.05, 3.63) is 30.3 Å². The third kappa shape index (κ3) is 3.41. The summed E-state index contributed by atoms with van der Waals surface area (Å²) in [5, 5.41) is 11.6. The number of para-hydroxylation sites is 1. The van der Waals surface area contributed by atoms with Crippen LogP contribution in [-0.2, 0) is 14.4 Å². The number of β-lactam (4-membered cyclic amide) rings is 1. The van der Waals surface area contributed by atoms with Crippen molar-refractivity contribution in [2.75, 3.05) is 12.4 Å². The zero-order valence-corrected chi connectivity index (χ0v) is 14.9. The number of benzene rings is 1. The van der Waals surface area contributed by atoms with Gasteiger partial charge in [-0.2, -0.15) is 0 Å². The normalized spacial score (nSPS) is 30.9. The molecule has 0 bridgehead atoms. The Morgan fingerprint density at radius 3 is 2.76 bits per heavy atom. The average molecular weight is 385 g/mol. The Kier molecular flexibility index (Phi) is 4.83. The third-order valence-electron chi connectivity index (χ3n) is 4.13. The van der Waals surface area contributed by atoms with Crippen LogP contribution in [-0.4, -0.2) is 62.5 Å². The highest BCUT2D eigenvalue weighted by atomic mass is 35.5. The van der Waals surface area contributed by atoms with Gasteiger partial charge in [0.05, 0.1) is 4.87 Å². The van der Waals surface area contributed by atoms with Crippen LogP contribution >= 0.6 is 23.4 Å². The molecule has 0 radical (unpaired) electrons. The van der Waals surface area contributed by atoms with E-state index in [0.29, 0.717) is 11.5 Å². The summed E-state index contributed by atoms with van der Waals surface area (Å²) >= 11 is 7.62. The van der Waals surface area contributed by atoms with Gasteiger partial charge in [-0.1, -0.05) is 18.2 Å². The van der Waals surface area contributed by atoms with E-state index in [9.17, 15) is 19.5 Å². The van der Waals surface area contributed by atoms with Crippen molar-refractivity contribution in [3.8, 4) is 5.75 Å². The minimum atomic E-state index is -1.15. The van der Waals surface area contributed by atoms with E-state index >= 15 is 0 Å². The first-order chi connectivity index (χ1) is 11.8. The van der Waals surface area contributed by atoms with Crippen molar-refractivity contribution in [3.63, 3.8) is 0 Å². The highest BCUT2D eigenvalue weighted by Gasteiger charge is 2.61. The highest BCUT2D eigenvalue weighted by Crippen LogP contribution is 2.44. The van der Waals surface area contributed by atoms with Crippen molar-refractivity contribution in [1.82, 2.24) is 10.2 Å². The molecule has 2 heterocycles. The van der Waals surface area contributed by atoms with E-state index in [2.05, 4.69) is 5.32 Å². The molecule has 7 nitrogen and oxygen atoms in total. The molecule has 0 saturated carbocycles. The number of alkyl halides is 1. The Labute approximate surface area is 153 Å². The molecule has 0 aromatic heterocycles. The molecule has 4 atom stereocenters. The molecule has 2 N–H and O–H groups in total. The molecule has 25 heavy (non-hydrogen) atoms. The second-order valence-corrected chi connectivity index (χ2v) is 8.08. The van der Waals surface area contributed by atoms with E-state index in [1.165, 1.54) is 16.7 Å². The number of nitrogens with one attached hydrogen (secondary N) is 1. The first kappa shape index (κ1) is 17.9. The Morgan fingerprint density at radius 1 is 1.44 bits per heavy atom. The average Bonchev–Trinajstić information content (AvgIpc) is 2.57. The minimum Gasteiger partial charge on any atom is -0.484 e. The second kappa shape index (κ2) is 6.76. The van der Waals surface area contributed by atoms with Gasteiger partial charge in [0.1, 0.15) is 23.2 Å². The number of thioether (sulfide) groups is 1. The number of hydrogen-bond acceptors (Lipinski definition) is 5. The van der Waals surface area contributed by atoms with Crippen LogP contribution in [0.4, 0.5) is 0 Å². The Balaban J connectivity index is 1.59. The summed E-state index contributed by atoms with van der Waals surface area (Å²) in [4.78, 5) is 36.1. The van der Waals surface area contributed by atoms with Gasteiger partial charge in [-0.25, -0.2) is 4.79 Å². The van der Waals surface area contributed by atoms with Crippen molar-refractivity contribution in [2.24, 2.45) is 0 Å². The number of ether oxygens (including phenoxy) is 1. The molecule has 0 aliphatic carbocycles. The number of nitrogens with zero attached hydrogens (tertiary/aromatic N) is 1. The summed E-state index contributed by atoms with van der Waals surface area (Å²) < 4.78 is 5.34. The maximum atomic E-state index is 12.3. The first-order valence-electron chi connectivity index (χ1n) is 7.64. The minimum absolute atomic E-state index is 0.221. The molecule has 134 valence electrons. The molecule has 1 aromatic rings. The Bertz CT molecular complexity index is 699. The van der Waals surface area contributed by atoms with Gasteiger partial charge < -0.3 is 20.1 Å². The Hall–Kier alpha value is -1.93. The van der Waals surface area contributed by atoms with Crippen LogP contribution in [0.5, 0.6) is 5.75 Å². The van der Waals surface area contributed by atoms with Gasteiger partial charge in [0.15, 0.2) is 6.61 Å². The summed E-state index contributed by atoms with van der Waals surface area (Å²) in [6.07, 6.45) is 0. The number of hydrogen-bond donors (Lipinski definition) is 2. The highest BCUT2D eigenvalue weighted by molar-refractivity contribution is 8.00. The fraction of sp³-hybridized carbons (Fsp3) is 0.438. The van der Waals surface area contributed by atoms with Crippen LogP contribution in [0.25, 0.3) is 0 Å². The molecule has 3 rings (SSSR count). The lowest BCUT2D eigenvalue weighted by Crippen LogP contribution is -2.78. The number of amides is 2. The van der Waals surface area contributed by atoms with Crippen LogP contribution in [0.15, 0.2) is 30.3 Å². The van der Waals surface area contributed by atoms with E-state index in [1.807, 2.05) is 6.07 Å². The van der Waals surface area contributed by atoms with E-state index in [1.54, 1.807) is 31.2 Å². The molecule has 2 amide bonds. The second-order valence-electron chi connectivity index (χ2n) is 6.11. The van der Waals surface area contributed by atoms with Crippen LogP contribution in [0.3, 0.4) is 0 Å². The first-order valence-corrected chi connectivity index (χ1v) is 9.06. The van der Waals surface area contributed by atoms with Gasteiger partial charge in [0.25, 0.3) is 5.91 Å². The van der Waals surface area contributed by atoms with Crippen molar-refractivity contribution in [2.45, 2.75) is 29.3 Å². The summed E-state index contributed by atoms with van der Waals surface area (Å²) in [5.41, 5.74) is 0. The number of fused-ring (bicyclic) bond motifs is 1. The van der Waals surface area contributed by atoms with E-state index in [4.69, 9.17) is 16.3 Å². The van der Waals surface area contributed by atoms with Gasteiger partial charge in [-0.05, 0) is 19.1 Å². The predicted octanol–water partition coefficient (Wildman–Crippen LogP) is 0.916. The number of carbonyl (C=O) groups is 3. The number of carboxylic acid groups (broad SMARTS) is 1. The van der Waals surface area contributed by atoms with E-state index in [0.717, 1.165) is 0 Å². The number of carbonyl (C=O) groups excluding carboxylic acids is 2. The molecule has 2 saturated heterocycles. The van der Waals surface area contributed by atoms with Crippen LogP contribution in [0, 0.1) is 0 Å². The largest absolute Gasteiger partial charge is 0.484 e. The molecule has 2 aliphatic heterocycles. The van der Waals surface area contributed by atoms with Gasteiger partial charge in [-0.3, -0.25) is 9.59 Å². The zero-order valence-electron chi connectivity index (χ0n) is 13.3. The SMILES string of the molecule is C[C@@]1(Cl)CS[C@@H]2[C@H](NC(=O)COc3ccccc3)C(=O)N2[C@H]1C(=O)O. The molecular weight excluding hydrogens is 368 g/mol. The van der Waals surface area contributed by atoms with Gasteiger partial charge >= 0.3 is 5.97 Å². The lowest BCUT2D eigenvalue weighted by atomic mass is 9.94. The van der Waals surface area contributed by atoms with Crippen LogP contribution < -0.4 is 10.1 Å². The fourth-order valence-corrected chi connectivity index (χ4v) is 4.75. The molecular formula is C16H17ClN2O5S. The quantitative estimate of drug-likeness (QED) is 0.579. The van der Waals surface area contributed by atoms with E-state index in [-0.39, 0.29) is 6.61 Å². The standard InChI is InChI=1S/C16H17ClN2O5S/c1-16(17)8-25-14-11(13(21)19(14)12(16)15(22)23)18-10(20)7-24-9-5-3-2-4-6-9/h2-6,11-12,14H,7-8H2,1H3,(H,18,20)(H,22,23)/t11-,12+,14-,16-/m1/s1. The van der Waals surface area contributed by atoms with Gasteiger partial charge in [0.2, 0.25) is 5.91 Å². The topological polar surface area (TPSA) is 95.9 Å². The van der Waals surface area contributed by atoms with Crippen LogP contribution in [0.1, 0.15) is 6.92 Å². The molecule has 0 unspecified atom stereocenters. The van der Waals surface area contributed by atoms with Crippen molar-refractivity contribution >= 4 is 41.1 Å². The summed E-state index contributed by atoms with van der Waals surface area (Å²) in [7, 11) is 0. The van der Waals surface area contributed by atoms with Crippen molar-refractivity contribution < 1.29 is 24.2 Å². The Morgan fingerprint density at radius 2 is 2.12 bits per heavy atom. The summed E-state index contributed by atoms with van der Waals surface area (Å²) in [5.74, 6) is -1.10. The zero-order chi connectivity index (χ0) is 18.2. The lowest BCUT2D eigenvalue weighted by molar-refractivity contribution is -0.164. The van der Waals surface area contributed by atoms with Gasteiger partial charge in [0, 0.05) is 5.75 Å². The number of rotatable bonds is 5. The fourth-order valence-electron chi connectivity index (χ4n) is 2.94. The monoisotopic (exact) mass is 384 g/mol. The molecule has 2 aliphatic rings. The van der Waals surface area contributed by atoms with E-state index < -0.39 is 40.1 Å². The van der Waals surface area contributed by atoms with Crippen molar-refractivity contribution in [1.29, 1.82) is 0 Å². The summed E-state index contributed by atoms with van der Waals surface area (Å²) in [6.45, 7) is 1.38.